The summed E-state index contributed by atoms with van der Waals surface area (Å²) in [6.45, 7) is 10.7. The van der Waals surface area contributed by atoms with Crippen molar-refractivity contribution in [1.82, 2.24) is 0 Å². The fourth-order valence-electron chi connectivity index (χ4n) is 4.30. The maximum atomic E-state index is 5.68. The Hall–Kier alpha value is -3.56. The zero-order valence-electron chi connectivity index (χ0n) is 21.3. The van der Waals surface area contributed by atoms with Crippen LogP contribution in [0.3, 0.4) is 0 Å². The summed E-state index contributed by atoms with van der Waals surface area (Å²) >= 11 is 0. The summed E-state index contributed by atoms with van der Waals surface area (Å²) in [6.07, 6.45) is 11.3. The molecule has 0 aromatic heterocycles. The van der Waals surface area contributed by atoms with Crippen LogP contribution in [-0.2, 0) is 6.42 Å². The van der Waals surface area contributed by atoms with Crippen molar-refractivity contribution >= 4 is 16.3 Å². The molecule has 0 saturated carbocycles. The Labute approximate surface area is 206 Å². The maximum absolute atomic E-state index is 5.68. The molecule has 0 bridgehead atoms. The highest BCUT2D eigenvalue weighted by Gasteiger charge is 2.16. The standard InChI is InChI=1S/C18H16.C13H12.C3H8/c1-4-14-6-5-7-15-10-11-16-12(2)8-9-13(3)17(16)18(14)15;1-11-7-9-13(10-8-11)12-5-3-2-4-6-12;1-3-2/h1,6,8-11H,5,7H2,2-3H3;2-10H,1H3;3H2,1-2H3. The molecule has 5 rings (SSSR count). The second kappa shape index (κ2) is 12.1. The van der Waals surface area contributed by atoms with Crippen molar-refractivity contribution < 1.29 is 0 Å². The Morgan fingerprint density at radius 1 is 0.735 bits per heavy atom. The van der Waals surface area contributed by atoms with E-state index < -0.39 is 0 Å². The Kier molecular flexibility index (Phi) is 8.89. The Morgan fingerprint density at radius 3 is 2.00 bits per heavy atom. The number of terminal acetylenes is 1. The molecule has 34 heavy (non-hydrogen) atoms. The summed E-state index contributed by atoms with van der Waals surface area (Å²) < 4.78 is 0. The van der Waals surface area contributed by atoms with E-state index in [1.807, 2.05) is 6.07 Å². The molecule has 0 radical (unpaired) electrons. The molecule has 1 aliphatic carbocycles. The average molecular weight is 445 g/mol. The molecule has 4 aromatic rings. The lowest BCUT2D eigenvalue weighted by molar-refractivity contribution is 0.984. The van der Waals surface area contributed by atoms with Gasteiger partial charge in [0.1, 0.15) is 0 Å². The summed E-state index contributed by atoms with van der Waals surface area (Å²) in [7, 11) is 0. The lowest BCUT2D eigenvalue weighted by atomic mass is 9.84. The van der Waals surface area contributed by atoms with Crippen LogP contribution < -0.4 is 0 Å². The van der Waals surface area contributed by atoms with Crippen LogP contribution >= 0.6 is 0 Å². The topological polar surface area (TPSA) is 0 Å². The third kappa shape index (κ3) is 5.86. The third-order valence-corrected chi connectivity index (χ3v) is 6.04. The molecule has 4 aromatic carbocycles. The highest BCUT2D eigenvalue weighted by molar-refractivity contribution is 6.02. The lowest BCUT2D eigenvalue weighted by Crippen LogP contribution is -2.01. The van der Waals surface area contributed by atoms with Gasteiger partial charge in [0.2, 0.25) is 0 Å². The van der Waals surface area contributed by atoms with E-state index in [1.54, 1.807) is 0 Å². The Morgan fingerprint density at radius 2 is 1.35 bits per heavy atom. The molecule has 0 aliphatic heterocycles. The second-order valence-corrected chi connectivity index (χ2v) is 8.96. The zero-order valence-corrected chi connectivity index (χ0v) is 21.3. The van der Waals surface area contributed by atoms with Crippen LogP contribution in [0.25, 0.3) is 27.5 Å². The van der Waals surface area contributed by atoms with Gasteiger partial charge in [0.05, 0.1) is 0 Å². The van der Waals surface area contributed by atoms with E-state index in [4.69, 9.17) is 6.42 Å². The lowest BCUT2D eigenvalue weighted by Gasteiger charge is -2.19. The molecule has 1 aliphatic rings. The first kappa shape index (κ1) is 25.1. The normalized spacial score (nSPS) is 11.7. The highest BCUT2D eigenvalue weighted by Crippen LogP contribution is 2.35. The minimum absolute atomic E-state index is 1.06. The molecule has 0 N–H and O–H groups in total. The summed E-state index contributed by atoms with van der Waals surface area (Å²) in [5.74, 6) is 2.86. The summed E-state index contributed by atoms with van der Waals surface area (Å²) in [5, 5.41) is 2.67. The molecule has 0 unspecified atom stereocenters. The third-order valence-electron chi connectivity index (χ3n) is 6.04. The van der Waals surface area contributed by atoms with Gasteiger partial charge in [0, 0.05) is 11.1 Å². The Bertz CT molecular complexity index is 1300. The first-order valence-corrected chi connectivity index (χ1v) is 12.3. The predicted molar refractivity (Wildman–Crippen MR) is 151 cm³/mol. The monoisotopic (exact) mass is 444 g/mol. The molecule has 0 nitrogen and oxygen atoms in total. The van der Waals surface area contributed by atoms with Gasteiger partial charge in [-0.15, -0.1) is 6.42 Å². The van der Waals surface area contributed by atoms with E-state index in [1.165, 1.54) is 56.1 Å². The van der Waals surface area contributed by atoms with E-state index in [9.17, 15) is 0 Å². The van der Waals surface area contributed by atoms with Crippen LogP contribution in [0.5, 0.6) is 0 Å². The van der Waals surface area contributed by atoms with Crippen molar-refractivity contribution in [2.75, 3.05) is 0 Å². The minimum atomic E-state index is 1.06. The number of allylic oxidation sites excluding steroid dienone is 2. The zero-order chi connectivity index (χ0) is 24.5. The smallest absolute Gasteiger partial charge is 0.0284 e. The van der Waals surface area contributed by atoms with Gasteiger partial charge >= 0.3 is 0 Å². The van der Waals surface area contributed by atoms with E-state index >= 15 is 0 Å². The summed E-state index contributed by atoms with van der Waals surface area (Å²) in [5.41, 5.74) is 10.3. The average Bonchev–Trinajstić information content (AvgIpc) is 2.87. The van der Waals surface area contributed by atoms with Crippen molar-refractivity contribution in [2.45, 2.75) is 53.9 Å². The van der Waals surface area contributed by atoms with Gasteiger partial charge < -0.3 is 0 Å². The summed E-state index contributed by atoms with van der Waals surface area (Å²) in [4.78, 5) is 0. The van der Waals surface area contributed by atoms with E-state index in [2.05, 4.69) is 119 Å². The van der Waals surface area contributed by atoms with Crippen LogP contribution in [0.1, 0.15) is 54.5 Å². The van der Waals surface area contributed by atoms with E-state index in [0.717, 1.165) is 18.4 Å². The molecule has 0 fully saturated rings. The van der Waals surface area contributed by atoms with Gasteiger partial charge in [-0.2, -0.15) is 0 Å². The first-order chi connectivity index (χ1) is 16.5. The largest absolute Gasteiger partial charge is 0.115 e. The van der Waals surface area contributed by atoms with Crippen LogP contribution in [0.15, 0.2) is 84.9 Å². The molecule has 0 spiro atoms. The number of hydrogen-bond donors (Lipinski definition) is 0. The quantitative estimate of drug-likeness (QED) is 0.256. The van der Waals surface area contributed by atoms with Gasteiger partial charge in [-0.3, -0.25) is 0 Å². The van der Waals surface area contributed by atoms with Gasteiger partial charge in [-0.25, -0.2) is 0 Å². The molecular formula is C34H36. The fourth-order valence-corrected chi connectivity index (χ4v) is 4.30. The SMILES string of the molecule is C#CC1=CCCc2ccc3c(C)ccc(C)c3c21.CCC.Cc1ccc(-c2ccccc2)cc1. The minimum Gasteiger partial charge on any atom is -0.115 e. The van der Waals surface area contributed by atoms with Gasteiger partial charge in [0.25, 0.3) is 0 Å². The van der Waals surface area contributed by atoms with Crippen molar-refractivity contribution in [3.63, 3.8) is 0 Å². The molecule has 0 atom stereocenters. The van der Waals surface area contributed by atoms with E-state index in [0.29, 0.717) is 0 Å². The van der Waals surface area contributed by atoms with Crippen LogP contribution in [0.4, 0.5) is 0 Å². The first-order valence-electron chi connectivity index (χ1n) is 12.3. The summed E-state index contributed by atoms with van der Waals surface area (Å²) in [6, 6.07) is 27.9. The van der Waals surface area contributed by atoms with Crippen molar-refractivity contribution in [2.24, 2.45) is 0 Å². The van der Waals surface area contributed by atoms with Gasteiger partial charge in [-0.05, 0) is 72.2 Å². The van der Waals surface area contributed by atoms with Crippen molar-refractivity contribution in [3.05, 3.63) is 113 Å². The molecule has 172 valence electrons. The molecule has 0 heterocycles. The van der Waals surface area contributed by atoms with Gasteiger partial charge in [-0.1, -0.05) is 117 Å². The van der Waals surface area contributed by atoms with Crippen LogP contribution in [-0.4, -0.2) is 0 Å². The number of fused-ring (bicyclic) bond motifs is 3. The number of aryl methyl sites for hydroxylation is 4. The molecule has 0 heteroatoms. The fraction of sp³-hybridized carbons (Fsp3) is 0.235. The van der Waals surface area contributed by atoms with Crippen LogP contribution in [0, 0.1) is 33.1 Å². The number of rotatable bonds is 1. The second-order valence-electron chi connectivity index (χ2n) is 8.96. The molecule has 0 saturated heterocycles. The van der Waals surface area contributed by atoms with Crippen LogP contribution in [0.2, 0.25) is 0 Å². The number of benzene rings is 4. The molecular weight excluding hydrogens is 408 g/mol. The number of hydrogen-bond acceptors (Lipinski definition) is 0. The highest BCUT2D eigenvalue weighted by atomic mass is 14.2. The van der Waals surface area contributed by atoms with Crippen molar-refractivity contribution in [3.8, 4) is 23.5 Å². The predicted octanol–water partition coefficient (Wildman–Crippen LogP) is 9.50. The Balaban J connectivity index is 0.000000178. The molecule has 0 amide bonds. The van der Waals surface area contributed by atoms with Gasteiger partial charge in [0.15, 0.2) is 0 Å². The maximum Gasteiger partial charge on any atom is 0.0284 e. The van der Waals surface area contributed by atoms with Crippen molar-refractivity contribution in [1.29, 1.82) is 0 Å². The van der Waals surface area contributed by atoms with E-state index in [-0.39, 0.29) is 0 Å².